The van der Waals surface area contributed by atoms with E-state index in [4.69, 9.17) is 0 Å². The topological polar surface area (TPSA) is 46.1 Å². The summed E-state index contributed by atoms with van der Waals surface area (Å²) in [5, 5.41) is 6.12. The lowest BCUT2D eigenvalue weighted by Gasteiger charge is -2.09. The predicted octanol–water partition coefficient (Wildman–Crippen LogP) is 2.39. The van der Waals surface area contributed by atoms with Gasteiger partial charge >= 0.3 is 0 Å². The molecule has 19 heavy (non-hydrogen) atoms. The maximum atomic E-state index is 11.7. The van der Waals surface area contributed by atoms with E-state index in [9.17, 15) is 4.79 Å². The molecule has 0 fully saturated rings. The summed E-state index contributed by atoms with van der Waals surface area (Å²) in [6.45, 7) is 3.29. The lowest BCUT2D eigenvalue weighted by molar-refractivity contribution is 0.0956. The van der Waals surface area contributed by atoms with Crippen molar-refractivity contribution in [3.63, 3.8) is 0 Å². The molecule has 0 aliphatic carbocycles. The summed E-state index contributed by atoms with van der Waals surface area (Å²) in [7, 11) is 2.02. The zero-order valence-corrected chi connectivity index (χ0v) is 11.3. The van der Waals surface area contributed by atoms with Gasteiger partial charge in [0.05, 0.1) is 6.54 Å². The summed E-state index contributed by atoms with van der Waals surface area (Å²) < 4.78 is 2.07. The van der Waals surface area contributed by atoms with E-state index in [-0.39, 0.29) is 5.91 Å². The van der Waals surface area contributed by atoms with Gasteiger partial charge in [-0.15, -0.1) is 0 Å². The van der Waals surface area contributed by atoms with Gasteiger partial charge in [-0.1, -0.05) is 6.07 Å². The number of hydrogen-bond donors (Lipinski definition) is 2. The summed E-state index contributed by atoms with van der Waals surface area (Å²) >= 11 is 0. The number of aryl methyl sites for hydroxylation is 1. The molecular formula is C15H19N3O. The Bertz CT molecular complexity index is 560. The first-order valence-corrected chi connectivity index (χ1v) is 6.43. The van der Waals surface area contributed by atoms with Crippen molar-refractivity contribution in [2.24, 2.45) is 7.05 Å². The maximum absolute atomic E-state index is 11.7. The highest BCUT2D eigenvalue weighted by Crippen LogP contribution is 2.12. The number of carbonyl (C=O) groups excluding carboxylic acids is 1. The van der Waals surface area contributed by atoms with Crippen LogP contribution in [0.3, 0.4) is 0 Å². The zero-order chi connectivity index (χ0) is 13.7. The molecule has 2 aromatic rings. The highest BCUT2D eigenvalue weighted by Gasteiger charge is 2.04. The molecule has 0 unspecified atom stereocenters. The van der Waals surface area contributed by atoms with Crippen LogP contribution in [0, 0.1) is 0 Å². The number of aromatic nitrogens is 1. The lowest BCUT2D eigenvalue weighted by Crippen LogP contribution is -2.22. The molecule has 0 bridgehead atoms. The molecule has 100 valence electrons. The van der Waals surface area contributed by atoms with Crippen molar-refractivity contribution >= 4 is 11.6 Å². The van der Waals surface area contributed by atoms with E-state index in [1.54, 1.807) is 0 Å². The molecule has 2 rings (SSSR count). The van der Waals surface area contributed by atoms with Gasteiger partial charge < -0.3 is 15.2 Å². The minimum atomic E-state index is -0.0370. The van der Waals surface area contributed by atoms with Crippen molar-refractivity contribution in [1.82, 2.24) is 9.88 Å². The van der Waals surface area contributed by atoms with Gasteiger partial charge in [0, 0.05) is 36.7 Å². The number of benzene rings is 1. The van der Waals surface area contributed by atoms with Crippen LogP contribution in [0.1, 0.15) is 23.0 Å². The van der Waals surface area contributed by atoms with Crippen LogP contribution in [-0.4, -0.2) is 17.0 Å². The predicted molar refractivity (Wildman–Crippen MR) is 77.2 cm³/mol. The van der Waals surface area contributed by atoms with Gasteiger partial charge in [-0.25, -0.2) is 0 Å². The Hall–Kier alpha value is -2.23. The van der Waals surface area contributed by atoms with E-state index in [0.29, 0.717) is 12.1 Å². The van der Waals surface area contributed by atoms with E-state index < -0.39 is 0 Å². The molecule has 0 aliphatic rings. The molecule has 0 spiro atoms. The van der Waals surface area contributed by atoms with Crippen LogP contribution in [-0.2, 0) is 13.6 Å². The van der Waals surface area contributed by atoms with E-state index in [1.165, 1.54) is 5.69 Å². The van der Waals surface area contributed by atoms with Crippen molar-refractivity contribution in [2.45, 2.75) is 13.5 Å². The molecule has 1 aromatic carbocycles. The largest absolute Gasteiger partial charge is 0.379 e. The summed E-state index contributed by atoms with van der Waals surface area (Å²) in [6, 6.07) is 11.6. The third kappa shape index (κ3) is 3.37. The van der Waals surface area contributed by atoms with Crippen molar-refractivity contribution in [3.05, 3.63) is 53.9 Å². The lowest BCUT2D eigenvalue weighted by atomic mass is 10.2. The number of amides is 1. The van der Waals surface area contributed by atoms with E-state index in [0.717, 1.165) is 12.2 Å². The SMILES string of the molecule is CCNC(=O)c1cccc(NCc2cccn2C)c1. The third-order valence-corrected chi connectivity index (χ3v) is 2.99. The number of rotatable bonds is 5. The monoisotopic (exact) mass is 257 g/mol. The van der Waals surface area contributed by atoms with Crippen molar-refractivity contribution in [2.75, 3.05) is 11.9 Å². The zero-order valence-electron chi connectivity index (χ0n) is 11.3. The molecule has 2 N–H and O–H groups in total. The molecule has 0 atom stereocenters. The van der Waals surface area contributed by atoms with Gasteiger partial charge in [0.15, 0.2) is 0 Å². The normalized spacial score (nSPS) is 10.2. The fraction of sp³-hybridized carbons (Fsp3) is 0.267. The van der Waals surface area contributed by atoms with Crippen molar-refractivity contribution in [3.8, 4) is 0 Å². The van der Waals surface area contributed by atoms with Crippen LogP contribution >= 0.6 is 0 Å². The molecule has 0 radical (unpaired) electrons. The van der Waals surface area contributed by atoms with Gasteiger partial charge in [-0.05, 0) is 37.3 Å². The van der Waals surface area contributed by atoms with Crippen LogP contribution in [0.5, 0.6) is 0 Å². The Morgan fingerprint density at radius 3 is 2.79 bits per heavy atom. The van der Waals surface area contributed by atoms with Gasteiger partial charge in [-0.2, -0.15) is 0 Å². The third-order valence-electron chi connectivity index (χ3n) is 2.99. The average molecular weight is 257 g/mol. The second-order valence-electron chi connectivity index (χ2n) is 4.40. The Morgan fingerprint density at radius 1 is 1.26 bits per heavy atom. The van der Waals surface area contributed by atoms with Gasteiger partial charge in [0.2, 0.25) is 0 Å². The second kappa shape index (κ2) is 6.09. The standard InChI is InChI=1S/C15H19N3O/c1-3-16-15(19)12-6-4-7-13(10-12)17-11-14-8-5-9-18(14)2/h4-10,17H,3,11H2,1-2H3,(H,16,19). The van der Waals surface area contributed by atoms with Crippen LogP contribution in [0.15, 0.2) is 42.6 Å². The van der Waals surface area contributed by atoms with Crippen LogP contribution in [0.2, 0.25) is 0 Å². The summed E-state index contributed by atoms with van der Waals surface area (Å²) in [6.07, 6.45) is 2.02. The molecular weight excluding hydrogens is 238 g/mol. The number of carbonyl (C=O) groups is 1. The summed E-state index contributed by atoms with van der Waals surface area (Å²) in [5.74, 6) is -0.0370. The maximum Gasteiger partial charge on any atom is 0.251 e. The molecule has 4 nitrogen and oxygen atoms in total. The number of nitrogens with one attached hydrogen (secondary N) is 2. The molecule has 1 amide bonds. The molecule has 0 saturated heterocycles. The van der Waals surface area contributed by atoms with Gasteiger partial charge in [0.1, 0.15) is 0 Å². The second-order valence-corrected chi connectivity index (χ2v) is 4.40. The Morgan fingerprint density at radius 2 is 2.11 bits per heavy atom. The van der Waals surface area contributed by atoms with E-state index >= 15 is 0 Å². The first-order chi connectivity index (χ1) is 9.20. The fourth-order valence-electron chi connectivity index (χ4n) is 1.91. The molecule has 1 heterocycles. The number of anilines is 1. The van der Waals surface area contributed by atoms with E-state index in [1.807, 2.05) is 50.5 Å². The Kier molecular flexibility index (Phi) is 4.23. The summed E-state index contributed by atoms with van der Waals surface area (Å²) in [4.78, 5) is 11.7. The summed E-state index contributed by atoms with van der Waals surface area (Å²) in [5.41, 5.74) is 2.83. The van der Waals surface area contributed by atoms with Gasteiger partial charge in [0.25, 0.3) is 5.91 Å². The quantitative estimate of drug-likeness (QED) is 0.864. The van der Waals surface area contributed by atoms with Gasteiger partial charge in [-0.3, -0.25) is 4.79 Å². The first kappa shape index (κ1) is 13.2. The number of nitrogens with zero attached hydrogens (tertiary/aromatic N) is 1. The minimum Gasteiger partial charge on any atom is -0.379 e. The van der Waals surface area contributed by atoms with Crippen LogP contribution in [0.25, 0.3) is 0 Å². The minimum absolute atomic E-state index is 0.0370. The average Bonchev–Trinajstić information content (AvgIpc) is 2.82. The van der Waals surface area contributed by atoms with E-state index in [2.05, 4.69) is 21.3 Å². The van der Waals surface area contributed by atoms with Crippen LogP contribution in [0.4, 0.5) is 5.69 Å². The highest BCUT2D eigenvalue weighted by atomic mass is 16.1. The van der Waals surface area contributed by atoms with Crippen LogP contribution < -0.4 is 10.6 Å². The molecule has 0 aliphatic heterocycles. The van der Waals surface area contributed by atoms with Crippen molar-refractivity contribution < 1.29 is 4.79 Å². The molecule has 1 aromatic heterocycles. The fourth-order valence-corrected chi connectivity index (χ4v) is 1.91. The molecule has 4 heteroatoms. The Labute approximate surface area is 113 Å². The number of hydrogen-bond acceptors (Lipinski definition) is 2. The Balaban J connectivity index is 2.03. The smallest absolute Gasteiger partial charge is 0.251 e. The highest BCUT2D eigenvalue weighted by molar-refractivity contribution is 5.95. The first-order valence-electron chi connectivity index (χ1n) is 6.43. The molecule has 0 saturated carbocycles. The van der Waals surface area contributed by atoms with Crippen molar-refractivity contribution in [1.29, 1.82) is 0 Å².